The number of phenols is 1. The molecule has 0 aliphatic carbocycles. The molecule has 0 aromatic heterocycles. The highest BCUT2D eigenvalue weighted by Crippen LogP contribution is 2.33. The van der Waals surface area contributed by atoms with Crippen molar-refractivity contribution in [2.45, 2.75) is 19.8 Å². The first-order valence-electron chi connectivity index (χ1n) is 5.00. The van der Waals surface area contributed by atoms with E-state index in [9.17, 15) is 9.90 Å². The first-order chi connectivity index (χ1) is 7.51. The summed E-state index contributed by atoms with van der Waals surface area (Å²) < 4.78 is 9.67. The highest BCUT2D eigenvalue weighted by atomic mass is 16.5. The molecule has 0 radical (unpaired) electrons. The maximum atomic E-state index is 11.5. The Morgan fingerprint density at radius 3 is 2.38 bits per heavy atom. The fourth-order valence-corrected chi connectivity index (χ4v) is 1.51. The van der Waals surface area contributed by atoms with Gasteiger partial charge in [-0.1, -0.05) is 13.8 Å². The standard InChI is InChI=1S/C12H16O4/c1-7(2)8-6-11(15-3)10(13)5-9(8)12(14)16-4/h5-7,13H,1-4H3. The summed E-state index contributed by atoms with van der Waals surface area (Å²) in [6.07, 6.45) is 0. The van der Waals surface area contributed by atoms with Crippen LogP contribution in [0.5, 0.6) is 11.5 Å². The van der Waals surface area contributed by atoms with Crippen molar-refractivity contribution < 1.29 is 19.4 Å². The summed E-state index contributed by atoms with van der Waals surface area (Å²) in [7, 11) is 2.78. The molecule has 0 aliphatic rings. The Balaban J connectivity index is 3.36. The number of methoxy groups -OCH3 is 2. The first-order valence-corrected chi connectivity index (χ1v) is 5.00. The Morgan fingerprint density at radius 1 is 1.31 bits per heavy atom. The van der Waals surface area contributed by atoms with Crippen molar-refractivity contribution in [2.24, 2.45) is 0 Å². The average molecular weight is 224 g/mol. The number of aromatic hydroxyl groups is 1. The van der Waals surface area contributed by atoms with Crippen LogP contribution in [0.25, 0.3) is 0 Å². The van der Waals surface area contributed by atoms with E-state index in [4.69, 9.17) is 4.74 Å². The van der Waals surface area contributed by atoms with E-state index in [1.807, 2.05) is 13.8 Å². The number of carbonyl (C=O) groups is 1. The van der Waals surface area contributed by atoms with Crippen LogP contribution in [0.2, 0.25) is 0 Å². The van der Waals surface area contributed by atoms with E-state index in [2.05, 4.69) is 4.74 Å². The minimum Gasteiger partial charge on any atom is -0.504 e. The van der Waals surface area contributed by atoms with Crippen molar-refractivity contribution in [3.8, 4) is 11.5 Å². The number of phenolic OH excluding ortho intramolecular Hbond substituents is 1. The van der Waals surface area contributed by atoms with Crippen LogP contribution in [0.4, 0.5) is 0 Å². The maximum absolute atomic E-state index is 11.5. The largest absolute Gasteiger partial charge is 0.504 e. The Hall–Kier alpha value is -1.71. The fourth-order valence-electron chi connectivity index (χ4n) is 1.51. The second kappa shape index (κ2) is 4.88. The Labute approximate surface area is 94.8 Å². The summed E-state index contributed by atoms with van der Waals surface area (Å²) in [6.45, 7) is 3.91. The van der Waals surface area contributed by atoms with Crippen molar-refractivity contribution in [1.82, 2.24) is 0 Å². The summed E-state index contributed by atoms with van der Waals surface area (Å²) in [4.78, 5) is 11.5. The molecule has 1 rings (SSSR count). The maximum Gasteiger partial charge on any atom is 0.338 e. The van der Waals surface area contributed by atoms with Gasteiger partial charge in [0, 0.05) is 0 Å². The number of benzene rings is 1. The number of rotatable bonds is 3. The quantitative estimate of drug-likeness (QED) is 0.800. The molecule has 0 bridgehead atoms. The van der Waals surface area contributed by atoms with Crippen molar-refractivity contribution in [3.05, 3.63) is 23.3 Å². The highest BCUT2D eigenvalue weighted by molar-refractivity contribution is 5.92. The lowest BCUT2D eigenvalue weighted by atomic mass is 9.96. The van der Waals surface area contributed by atoms with E-state index < -0.39 is 5.97 Å². The minimum absolute atomic E-state index is 0.0627. The Bertz CT molecular complexity index is 396. The molecule has 0 atom stereocenters. The molecule has 0 heterocycles. The van der Waals surface area contributed by atoms with E-state index in [-0.39, 0.29) is 11.7 Å². The third-order valence-electron chi connectivity index (χ3n) is 2.38. The van der Waals surface area contributed by atoms with Gasteiger partial charge in [-0.05, 0) is 23.6 Å². The molecule has 1 aromatic carbocycles. The molecule has 0 amide bonds. The zero-order chi connectivity index (χ0) is 12.3. The summed E-state index contributed by atoms with van der Waals surface area (Å²) >= 11 is 0. The smallest absolute Gasteiger partial charge is 0.338 e. The molecule has 0 spiro atoms. The van der Waals surface area contributed by atoms with Crippen LogP contribution in [0.15, 0.2) is 12.1 Å². The van der Waals surface area contributed by atoms with Crippen LogP contribution in [0.1, 0.15) is 35.7 Å². The topological polar surface area (TPSA) is 55.8 Å². The normalized spacial score (nSPS) is 10.3. The summed E-state index contributed by atoms with van der Waals surface area (Å²) in [6, 6.07) is 3.03. The van der Waals surface area contributed by atoms with Crippen LogP contribution in [0.3, 0.4) is 0 Å². The van der Waals surface area contributed by atoms with Crippen LogP contribution in [-0.2, 0) is 4.74 Å². The molecule has 0 fully saturated rings. The van der Waals surface area contributed by atoms with E-state index in [1.165, 1.54) is 20.3 Å². The SMILES string of the molecule is COC(=O)c1cc(O)c(OC)cc1C(C)C. The molecule has 1 aromatic rings. The van der Waals surface area contributed by atoms with Gasteiger partial charge in [-0.15, -0.1) is 0 Å². The number of hydrogen-bond acceptors (Lipinski definition) is 4. The van der Waals surface area contributed by atoms with Gasteiger partial charge in [0.15, 0.2) is 11.5 Å². The zero-order valence-corrected chi connectivity index (χ0v) is 9.90. The van der Waals surface area contributed by atoms with Crippen LogP contribution < -0.4 is 4.74 Å². The Morgan fingerprint density at radius 2 is 1.94 bits per heavy atom. The first kappa shape index (κ1) is 12.4. The molecule has 1 N–H and O–H groups in total. The van der Waals surface area contributed by atoms with Gasteiger partial charge in [0.25, 0.3) is 0 Å². The second-order valence-electron chi connectivity index (χ2n) is 3.76. The Kier molecular flexibility index (Phi) is 3.77. The lowest BCUT2D eigenvalue weighted by Crippen LogP contribution is -2.07. The predicted octanol–water partition coefficient (Wildman–Crippen LogP) is 2.31. The molecule has 4 heteroatoms. The zero-order valence-electron chi connectivity index (χ0n) is 9.90. The van der Waals surface area contributed by atoms with Gasteiger partial charge in [0.1, 0.15) is 0 Å². The highest BCUT2D eigenvalue weighted by Gasteiger charge is 2.18. The van der Waals surface area contributed by atoms with Crippen molar-refractivity contribution >= 4 is 5.97 Å². The monoisotopic (exact) mass is 224 g/mol. The lowest BCUT2D eigenvalue weighted by molar-refractivity contribution is 0.0598. The molecule has 0 saturated heterocycles. The third kappa shape index (κ3) is 2.27. The van der Waals surface area contributed by atoms with E-state index in [0.29, 0.717) is 11.3 Å². The molecule has 0 saturated carbocycles. The number of carbonyl (C=O) groups excluding carboxylic acids is 1. The van der Waals surface area contributed by atoms with Crippen LogP contribution in [0, 0.1) is 0 Å². The van der Waals surface area contributed by atoms with E-state index >= 15 is 0 Å². The average Bonchev–Trinajstić information content (AvgIpc) is 2.27. The molecule has 0 aliphatic heterocycles. The van der Waals surface area contributed by atoms with E-state index in [0.717, 1.165) is 5.56 Å². The summed E-state index contributed by atoms with van der Waals surface area (Å²) in [5, 5.41) is 9.61. The molecule has 0 unspecified atom stereocenters. The van der Waals surface area contributed by atoms with Crippen LogP contribution >= 0.6 is 0 Å². The van der Waals surface area contributed by atoms with Gasteiger partial charge in [-0.3, -0.25) is 0 Å². The molecule has 88 valence electrons. The molecule has 4 nitrogen and oxygen atoms in total. The molecular weight excluding hydrogens is 208 g/mol. The number of esters is 1. The van der Waals surface area contributed by atoms with E-state index in [1.54, 1.807) is 6.07 Å². The number of hydrogen-bond donors (Lipinski definition) is 1. The number of ether oxygens (including phenoxy) is 2. The van der Waals surface area contributed by atoms with Gasteiger partial charge in [-0.2, -0.15) is 0 Å². The van der Waals surface area contributed by atoms with Gasteiger partial charge in [0.2, 0.25) is 0 Å². The van der Waals surface area contributed by atoms with Crippen molar-refractivity contribution in [3.63, 3.8) is 0 Å². The second-order valence-corrected chi connectivity index (χ2v) is 3.76. The summed E-state index contributed by atoms with van der Waals surface area (Å²) in [5.41, 5.74) is 1.16. The van der Waals surface area contributed by atoms with Gasteiger partial charge in [-0.25, -0.2) is 4.79 Å². The lowest BCUT2D eigenvalue weighted by Gasteiger charge is -2.14. The molecule has 16 heavy (non-hydrogen) atoms. The minimum atomic E-state index is -0.457. The van der Waals surface area contributed by atoms with Gasteiger partial charge < -0.3 is 14.6 Å². The van der Waals surface area contributed by atoms with Crippen molar-refractivity contribution in [2.75, 3.05) is 14.2 Å². The predicted molar refractivity (Wildman–Crippen MR) is 60.1 cm³/mol. The fraction of sp³-hybridized carbons (Fsp3) is 0.417. The summed E-state index contributed by atoms with van der Waals surface area (Å²) in [5.74, 6) is -0.0195. The third-order valence-corrected chi connectivity index (χ3v) is 2.38. The molecular formula is C12H16O4. The van der Waals surface area contributed by atoms with Crippen LogP contribution in [-0.4, -0.2) is 25.3 Å². The van der Waals surface area contributed by atoms with Gasteiger partial charge >= 0.3 is 5.97 Å². The van der Waals surface area contributed by atoms with Crippen molar-refractivity contribution in [1.29, 1.82) is 0 Å². The van der Waals surface area contributed by atoms with Gasteiger partial charge in [0.05, 0.1) is 19.8 Å².